The summed E-state index contributed by atoms with van der Waals surface area (Å²) in [7, 11) is 0. The fourth-order valence-corrected chi connectivity index (χ4v) is 3.79. The van der Waals surface area contributed by atoms with Gasteiger partial charge < -0.3 is 21.3 Å². The highest BCUT2D eigenvalue weighted by atomic mass is 35.5. The number of anilines is 1. The van der Waals surface area contributed by atoms with Gasteiger partial charge in [-0.1, -0.05) is 48.5 Å². The second-order valence-corrected chi connectivity index (χ2v) is 8.42. The summed E-state index contributed by atoms with van der Waals surface area (Å²) < 4.78 is 0. The van der Waals surface area contributed by atoms with Gasteiger partial charge in [0.2, 0.25) is 11.8 Å². The molecule has 1 saturated heterocycles. The van der Waals surface area contributed by atoms with Gasteiger partial charge in [0.05, 0.1) is 0 Å². The van der Waals surface area contributed by atoms with Crippen molar-refractivity contribution in [2.75, 3.05) is 11.4 Å². The van der Waals surface area contributed by atoms with Crippen molar-refractivity contribution < 1.29 is 14.4 Å². The van der Waals surface area contributed by atoms with Crippen LogP contribution in [0.3, 0.4) is 0 Å². The maximum absolute atomic E-state index is 13.1. The first-order valence-corrected chi connectivity index (χ1v) is 11.2. The molecule has 0 bridgehead atoms. The van der Waals surface area contributed by atoms with Gasteiger partial charge in [-0.3, -0.25) is 9.59 Å². The van der Waals surface area contributed by atoms with Crippen LogP contribution >= 0.6 is 11.6 Å². The van der Waals surface area contributed by atoms with Crippen LogP contribution in [0.2, 0.25) is 0 Å². The largest absolute Gasteiger partial charge is 0.366 e. The van der Waals surface area contributed by atoms with E-state index >= 15 is 0 Å². The predicted molar refractivity (Wildman–Crippen MR) is 135 cm³/mol. The normalized spacial score (nSPS) is 16.7. The second-order valence-electron chi connectivity index (χ2n) is 7.82. The number of nitrogens with two attached hydrogens (primary N) is 1. The average molecular weight is 479 g/mol. The van der Waals surface area contributed by atoms with E-state index < -0.39 is 18.0 Å². The molecule has 2 aromatic rings. The first kappa shape index (κ1) is 24.8. The molecule has 8 heteroatoms. The number of amides is 4. The molecule has 4 N–H and O–H groups in total. The summed E-state index contributed by atoms with van der Waals surface area (Å²) in [5.74, 6) is -0.686. The van der Waals surface area contributed by atoms with Crippen molar-refractivity contribution in [2.45, 2.75) is 25.8 Å². The fourth-order valence-electron chi connectivity index (χ4n) is 3.73. The van der Waals surface area contributed by atoms with Gasteiger partial charge in [0.25, 0.3) is 0 Å². The molecular formula is C26H27ClN4O3. The number of primary amides is 1. The van der Waals surface area contributed by atoms with Gasteiger partial charge in [-0.25, -0.2) is 4.79 Å². The van der Waals surface area contributed by atoms with Crippen LogP contribution < -0.4 is 21.3 Å². The van der Waals surface area contributed by atoms with Crippen molar-refractivity contribution in [1.29, 1.82) is 0 Å². The third-order valence-electron chi connectivity index (χ3n) is 5.40. The number of hydrogen-bond acceptors (Lipinski definition) is 3. The highest BCUT2D eigenvalue weighted by Crippen LogP contribution is 2.28. The van der Waals surface area contributed by atoms with Crippen molar-refractivity contribution in [3.63, 3.8) is 0 Å². The summed E-state index contributed by atoms with van der Waals surface area (Å²) >= 11 is 5.81. The summed E-state index contributed by atoms with van der Waals surface area (Å²) in [6.45, 7) is 5.93. The third-order valence-corrected chi connectivity index (χ3v) is 5.52. The lowest BCUT2D eigenvalue weighted by Crippen LogP contribution is -2.54. The smallest absolute Gasteiger partial charge is 0.319 e. The Labute approximate surface area is 204 Å². The molecule has 2 aromatic carbocycles. The van der Waals surface area contributed by atoms with E-state index in [-0.39, 0.29) is 5.91 Å². The molecule has 0 unspecified atom stereocenters. The minimum Gasteiger partial charge on any atom is -0.366 e. The topological polar surface area (TPSA) is 105 Å². The lowest BCUT2D eigenvalue weighted by atomic mass is 9.98. The minimum atomic E-state index is -0.652. The molecule has 1 aliphatic heterocycles. The molecular weight excluding hydrogens is 452 g/mol. The van der Waals surface area contributed by atoms with Crippen LogP contribution in [0.4, 0.5) is 10.5 Å². The Hall–Kier alpha value is -3.84. The van der Waals surface area contributed by atoms with Crippen LogP contribution in [-0.4, -0.2) is 30.4 Å². The number of nitrogens with one attached hydrogen (secondary N) is 2. The quantitative estimate of drug-likeness (QED) is 0.511. The van der Waals surface area contributed by atoms with E-state index in [2.05, 4.69) is 17.2 Å². The van der Waals surface area contributed by atoms with Crippen LogP contribution in [0.5, 0.6) is 0 Å². The number of carbonyl (C=O) groups is 3. The van der Waals surface area contributed by atoms with E-state index in [1.54, 1.807) is 36.1 Å². The Balaban J connectivity index is 1.71. The van der Waals surface area contributed by atoms with Crippen molar-refractivity contribution in [3.05, 3.63) is 89.6 Å². The number of halogens is 1. The standard InChI is InChI=1S/C26H27ClN4O3/c1-3-19(13-10-17(2)27)29-26(34)30-23-9-6-16-31(25(23)33)20-14-11-18(12-15-20)21-7-4-5-8-22(21)24(28)32/h3-5,7-8,10-15,23H,1,6,9,16H2,2H3,(H2,28,32)(H2,29,30,34)/b17-10+,19-13+/t23-/m1/s1. The lowest BCUT2D eigenvalue weighted by Gasteiger charge is -2.32. The molecule has 4 amide bonds. The van der Waals surface area contributed by atoms with Gasteiger partial charge in [0.15, 0.2) is 0 Å². The number of piperidine rings is 1. The first-order valence-electron chi connectivity index (χ1n) is 10.8. The number of carbonyl (C=O) groups excluding carboxylic acids is 3. The van der Waals surface area contributed by atoms with Crippen molar-refractivity contribution in [3.8, 4) is 11.1 Å². The van der Waals surface area contributed by atoms with Gasteiger partial charge in [-0.05, 0) is 67.3 Å². The van der Waals surface area contributed by atoms with Gasteiger partial charge >= 0.3 is 6.03 Å². The number of urea groups is 1. The summed E-state index contributed by atoms with van der Waals surface area (Å²) in [5.41, 5.74) is 8.65. The Morgan fingerprint density at radius 2 is 1.85 bits per heavy atom. The van der Waals surface area contributed by atoms with Crippen LogP contribution in [0.25, 0.3) is 11.1 Å². The van der Waals surface area contributed by atoms with Crippen LogP contribution in [0.1, 0.15) is 30.1 Å². The highest BCUT2D eigenvalue weighted by molar-refractivity contribution is 6.29. The summed E-state index contributed by atoms with van der Waals surface area (Å²) in [4.78, 5) is 38.9. The fraction of sp³-hybridized carbons (Fsp3) is 0.192. The molecule has 1 heterocycles. The molecule has 1 aliphatic rings. The monoisotopic (exact) mass is 478 g/mol. The van der Waals surface area contributed by atoms with E-state index in [9.17, 15) is 14.4 Å². The van der Waals surface area contributed by atoms with Crippen LogP contribution in [0.15, 0.2) is 84.1 Å². The van der Waals surface area contributed by atoms with Gasteiger partial charge in [-0.15, -0.1) is 0 Å². The van der Waals surface area contributed by atoms with E-state index in [1.165, 1.54) is 6.08 Å². The van der Waals surface area contributed by atoms with Crippen molar-refractivity contribution in [2.24, 2.45) is 5.73 Å². The van der Waals surface area contributed by atoms with E-state index in [1.807, 2.05) is 36.4 Å². The summed E-state index contributed by atoms with van der Waals surface area (Å²) in [5, 5.41) is 5.97. The van der Waals surface area contributed by atoms with E-state index in [0.29, 0.717) is 34.9 Å². The molecule has 176 valence electrons. The summed E-state index contributed by atoms with van der Waals surface area (Å²) in [6, 6.07) is 13.3. The molecule has 0 spiro atoms. The zero-order valence-corrected chi connectivity index (χ0v) is 19.6. The zero-order valence-electron chi connectivity index (χ0n) is 18.9. The molecule has 1 fully saturated rings. The molecule has 0 saturated carbocycles. The van der Waals surface area contributed by atoms with Gasteiger partial charge in [0, 0.05) is 28.5 Å². The number of allylic oxidation sites excluding steroid dienone is 4. The number of benzene rings is 2. The predicted octanol–water partition coefficient (Wildman–Crippen LogP) is 4.46. The highest BCUT2D eigenvalue weighted by Gasteiger charge is 2.31. The third kappa shape index (κ3) is 6.14. The van der Waals surface area contributed by atoms with Gasteiger partial charge in [0.1, 0.15) is 6.04 Å². The van der Waals surface area contributed by atoms with E-state index in [4.69, 9.17) is 17.3 Å². The number of rotatable bonds is 7. The molecule has 0 radical (unpaired) electrons. The molecule has 3 rings (SSSR count). The van der Waals surface area contributed by atoms with Gasteiger partial charge in [-0.2, -0.15) is 0 Å². The first-order chi connectivity index (χ1) is 16.3. The summed E-state index contributed by atoms with van der Waals surface area (Å²) in [6.07, 6.45) is 6.03. The zero-order chi connectivity index (χ0) is 24.7. The molecule has 0 aromatic heterocycles. The Morgan fingerprint density at radius 3 is 2.50 bits per heavy atom. The second kappa shape index (κ2) is 11.3. The molecule has 0 aliphatic carbocycles. The maximum Gasteiger partial charge on any atom is 0.319 e. The van der Waals surface area contributed by atoms with Crippen LogP contribution in [-0.2, 0) is 4.79 Å². The van der Waals surface area contributed by atoms with E-state index in [0.717, 1.165) is 17.5 Å². The lowest BCUT2D eigenvalue weighted by molar-refractivity contribution is -0.121. The minimum absolute atomic E-state index is 0.188. The van der Waals surface area contributed by atoms with Crippen molar-refractivity contribution >= 4 is 35.1 Å². The Bertz CT molecular complexity index is 1150. The van der Waals surface area contributed by atoms with Crippen LogP contribution in [0, 0.1) is 0 Å². The molecule has 34 heavy (non-hydrogen) atoms. The number of nitrogens with zero attached hydrogens (tertiary/aromatic N) is 1. The van der Waals surface area contributed by atoms with Crippen molar-refractivity contribution in [1.82, 2.24) is 10.6 Å². The average Bonchev–Trinajstić information content (AvgIpc) is 2.83. The molecule has 7 nitrogen and oxygen atoms in total. The maximum atomic E-state index is 13.1. The Kier molecular flexibility index (Phi) is 8.27. The SMILES string of the molecule is C=C/C(=C\C=C(/C)Cl)NC(=O)N[C@@H]1CCCN(c2ccc(-c3ccccc3C(N)=O)cc2)C1=O. The number of hydrogen-bond donors (Lipinski definition) is 3. The Morgan fingerprint density at radius 1 is 1.15 bits per heavy atom. The molecule has 1 atom stereocenters.